The van der Waals surface area contributed by atoms with Crippen LogP contribution in [-0.4, -0.2) is 0 Å². The third kappa shape index (κ3) is 1.34. The highest BCUT2D eigenvalue weighted by Crippen LogP contribution is 2.44. The Hall–Kier alpha value is -1.96. The summed E-state index contributed by atoms with van der Waals surface area (Å²) in [5.74, 6) is 3.11. The maximum absolute atomic E-state index is 5.73. The van der Waals surface area contributed by atoms with E-state index in [9.17, 15) is 0 Å². The quantitative estimate of drug-likeness (QED) is 0.545. The minimum Gasteiger partial charge on any atom is -0.450 e. The van der Waals surface area contributed by atoms with Crippen molar-refractivity contribution in [2.75, 3.05) is 0 Å². The van der Waals surface area contributed by atoms with Gasteiger partial charge in [-0.05, 0) is 36.8 Å². The molecular formula is C13H10O2. The van der Waals surface area contributed by atoms with E-state index in [2.05, 4.69) is 0 Å². The zero-order valence-electron chi connectivity index (χ0n) is 8.36. The van der Waals surface area contributed by atoms with Crippen LogP contribution in [0, 0.1) is 6.92 Å². The second kappa shape index (κ2) is 3.02. The van der Waals surface area contributed by atoms with Crippen molar-refractivity contribution in [1.82, 2.24) is 0 Å². The Morgan fingerprint density at radius 1 is 0.733 bits per heavy atom. The number of benzene rings is 2. The van der Waals surface area contributed by atoms with Gasteiger partial charge in [-0.1, -0.05) is 18.2 Å². The van der Waals surface area contributed by atoms with Crippen LogP contribution in [-0.2, 0) is 0 Å². The molecule has 0 aromatic heterocycles. The molecule has 1 aliphatic rings. The molecule has 2 heteroatoms. The van der Waals surface area contributed by atoms with Crippen LogP contribution < -0.4 is 9.47 Å². The molecular weight excluding hydrogens is 188 g/mol. The first-order valence-corrected chi connectivity index (χ1v) is 4.88. The molecule has 0 N–H and O–H groups in total. The number of hydrogen-bond donors (Lipinski definition) is 0. The van der Waals surface area contributed by atoms with Crippen LogP contribution in [0.15, 0.2) is 42.5 Å². The summed E-state index contributed by atoms with van der Waals surface area (Å²) >= 11 is 0. The molecule has 2 aromatic carbocycles. The summed E-state index contributed by atoms with van der Waals surface area (Å²) in [6.45, 7) is 2.03. The molecule has 0 unspecified atom stereocenters. The van der Waals surface area contributed by atoms with Crippen molar-refractivity contribution < 1.29 is 9.47 Å². The van der Waals surface area contributed by atoms with Crippen molar-refractivity contribution in [3.05, 3.63) is 48.0 Å². The van der Waals surface area contributed by atoms with Gasteiger partial charge in [-0.3, -0.25) is 0 Å². The Labute approximate surface area is 88.1 Å². The fourth-order valence-electron chi connectivity index (χ4n) is 1.64. The molecule has 0 saturated heterocycles. The highest BCUT2D eigenvalue weighted by Gasteiger charge is 2.17. The van der Waals surface area contributed by atoms with E-state index in [0.717, 1.165) is 28.6 Å². The summed E-state index contributed by atoms with van der Waals surface area (Å²) in [4.78, 5) is 0. The van der Waals surface area contributed by atoms with Crippen LogP contribution in [0.3, 0.4) is 0 Å². The van der Waals surface area contributed by atoms with E-state index in [0.29, 0.717) is 0 Å². The van der Waals surface area contributed by atoms with Crippen molar-refractivity contribution in [3.8, 4) is 23.0 Å². The first kappa shape index (κ1) is 8.36. The molecule has 2 nitrogen and oxygen atoms in total. The van der Waals surface area contributed by atoms with Gasteiger partial charge in [0.05, 0.1) is 0 Å². The van der Waals surface area contributed by atoms with E-state index in [1.54, 1.807) is 0 Å². The van der Waals surface area contributed by atoms with E-state index in [-0.39, 0.29) is 0 Å². The van der Waals surface area contributed by atoms with Gasteiger partial charge in [0, 0.05) is 0 Å². The Kier molecular flexibility index (Phi) is 1.68. The van der Waals surface area contributed by atoms with E-state index in [4.69, 9.17) is 9.47 Å². The molecule has 3 rings (SSSR count). The lowest BCUT2D eigenvalue weighted by molar-refractivity contribution is 0.359. The largest absolute Gasteiger partial charge is 0.450 e. The summed E-state index contributed by atoms with van der Waals surface area (Å²) in [6.07, 6.45) is 0. The number of rotatable bonds is 0. The summed E-state index contributed by atoms with van der Waals surface area (Å²) in [7, 11) is 0. The zero-order chi connectivity index (χ0) is 10.3. The molecule has 1 heterocycles. The molecule has 0 radical (unpaired) electrons. The second-order valence-electron chi connectivity index (χ2n) is 3.60. The zero-order valence-corrected chi connectivity index (χ0v) is 8.36. The van der Waals surface area contributed by atoms with E-state index >= 15 is 0 Å². The Morgan fingerprint density at radius 3 is 2.07 bits per heavy atom. The van der Waals surface area contributed by atoms with Crippen LogP contribution >= 0.6 is 0 Å². The predicted molar refractivity (Wildman–Crippen MR) is 57.8 cm³/mol. The third-order valence-electron chi connectivity index (χ3n) is 2.39. The van der Waals surface area contributed by atoms with Gasteiger partial charge in [0.25, 0.3) is 0 Å². The van der Waals surface area contributed by atoms with Gasteiger partial charge in [0.15, 0.2) is 23.0 Å². The average molecular weight is 198 g/mol. The molecule has 0 aliphatic carbocycles. The molecule has 15 heavy (non-hydrogen) atoms. The maximum Gasteiger partial charge on any atom is 0.170 e. The normalized spacial score (nSPS) is 12.1. The van der Waals surface area contributed by atoms with Gasteiger partial charge < -0.3 is 9.47 Å². The number of aryl methyl sites for hydroxylation is 1. The SMILES string of the molecule is Cc1ccc2c(c1)Oc1ccccc1O2. The van der Waals surface area contributed by atoms with E-state index in [1.165, 1.54) is 0 Å². The molecule has 74 valence electrons. The minimum atomic E-state index is 0.772. The lowest BCUT2D eigenvalue weighted by Crippen LogP contribution is -1.98. The summed E-state index contributed by atoms with van der Waals surface area (Å²) in [5.41, 5.74) is 1.16. The van der Waals surface area contributed by atoms with Crippen molar-refractivity contribution in [1.29, 1.82) is 0 Å². The molecule has 0 amide bonds. The van der Waals surface area contributed by atoms with Crippen LogP contribution in [0.4, 0.5) is 0 Å². The first-order chi connectivity index (χ1) is 7.33. The highest BCUT2D eigenvalue weighted by molar-refractivity contribution is 5.54. The van der Waals surface area contributed by atoms with E-state index < -0.39 is 0 Å². The fourth-order valence-corrected chi connectivity index (χ4v) is 1.64. The molecule has 1 aliphatic heterocycles. The van der Waals surface area contributed by atoms with Crippen molar-refractivity contribution in [2.24, 2.45) is 0 Å². The summed E-state index contributed by atoms with van der Waals surface area (Å²) < 4.78 is 11.4. The first-order valence-electron chi connectivity index (χ1n) is 4.88. The predicted octanol–water partition coefficient (Wildman–Crippen LogP) is 3.89. The molecule has 0 saturated carbocycles. The van der Waals surface area contributed by atoms with Crippen LogP contribution in [0.25, 0.3) is 0 Å². The van der Waals surface area contributed by atoms with Crippen LogP contribution in [0.5, 0.6) is 23.0 Å². The lowest BCUT2D eigenvalue weighted by atomic mass is 10.2. The number of hydrogen-bond acceptors (Lipinski definition) is 2. The van der Waals surface area contributed by atoms with Crippen LogP contribution in [0.1, 0.15) is 5.56 Å². The van der Waals surface area contributed by atoms with E-state index in [1.807, 2.05) is 49.4 Å². The Bertz CT molecular complexity index is 518. The Balaban J connectivity index is 2.11. The molecule has 0 bridgehead atoms. The second-order valence-corrected chi connectivity index (χ2v) is 3.60. The molecule has 0 atom stereocenters. The molecule has 0 fully saturated rings. The van der Waals surface area contributed by atoms with Gasteiger partial charge in [-0.2, -0.15) is 0 Å². The standard InChI is InChI=1S/C13H10O2/c1-9-6-7-12-13(8-9)15-11-5-3-2-4-10(11)14-12/h2-8H,1H3. The average Bonchev–Trinajstić information content (AvgIpc) is 2.26. The fraction of sp³-hybridized carbons (Fsp3) is 0.0769. The lowest BCUT2D eigenvalue weighted by Gasteiger charge is -2.20. The summed E-state index contributed by atoms with van der Waals surface area (Å²) in [6, 6.07) is 13.6. The number of fused-ring (bicyclic) bond motifs is 2. The molecule has 0 spiro atoms. The third-order valence-corrected chi connectivity index (χ3v) is 2.39. The van der Waals surface area contributed by atoms with Gasteiger partial charge in [-0.15, -0.1) is 0 Å². The van der Waals surface area contributed by atoms with Gasteiger partial charge in [0.2, 0.25) is 0 Å². The van der Waals surface area contributed by atoms with Crippen LogP contribution in [0.2, 0.25) is 0 Å². The maximum atomic E-state index is 5.73. The molecule has 2 aromatic rings. The van der Waals surface area contributed by atoms with Gasteiger partial charge in [0.1, 0.15) is 0 Å². The highest BCUT2D eigenvalue weighted by atomic mass is 16.6. The number of para-hydroxylation sites is 2. The summed E-state index contributed by atoms with van der Waals surface area (Å²) in [5, 5.41) is 0. The van der Waals surface area contributed by atoms with Gasteiger partial charge in [-0.25, -0.2) is 0 Å². The number of ether oxygens (including phenoxy) is 2. The van der Waals surface area contributed by atoms with Gasteiger partial charge >= 0.3 is 0 Å². The Morgan fingerprint density at radius 2 is 1.33 bits per heavy atom. The van der Waals surface area contributed by atoms with Crippen molar-refractivity contribution >= 4 is 0 Å². The van der Waals surface area contributed by atoms with Crippen molar-refractivity contribution in [2.45, 2.75) is 6.92 Å². The minimum absolute atomic E-state index is 0.772. The smallest absolute Gasteiger partial charge is 0.170 e. The topological polar surface area (TPSA) is 18.5 Å². The monoisotopic (exact) mass is 198 g/mol. The van der Waals surface area contributed by atoms with Crippen molar-refractivity contribution in [3.63, 3.8) is 0 Å².